The molecule has 0 radical (unpaired) electrons. The zero-order valence-corrected chi connectivity index (χ0v) is 10.2. The number of aromatic amines is 1. The zero-order chi connectivity index (χ0) is 14.6. The fraction of sp³-hybridized carbons (Fsp3) is 0.167. The topological polar surface area (TPSA) is 69.8 Å². The second-order valence-electron chi connectivity index (χ2n) is 3.93. The maximum Gasteiger partial charge on any atom is 0.418 e. The van der Waals surface area contributed by atoms with Gasteiger partial charge in [-0.1, -0.05) is 12.1 Å². The van der Waals surface area contributed by atoms with Gasteiger partial charge in [-0.15, -0.1) is 0 Å². The van der Waals surface area contributed by atoms with Crippen molar-refractivity contribution in [2.45, 2.75) is 12.7 Å². The Morgan fingerprint density at radius 3 is 2.65 bits per heavy atom. The number of carbonyl (C=O) groups is 1. The molecule has 20 heavy (non-hydrogen) atoms. The van der Waals surface area contributed by atoms with Crippen molar-refractivity contribution in [2.24, 2.45) is 0 Å². The fourth-order valence-corrected chi connectivity index (χ4v) is 1.56. The highest BCUT2D eigenvalue weighted by molar-refractivity contribution is 5.90. The van der Waals surface area contributed by atoms with Gasteiger partial charge in [0.25, 0.3) is 0 Å². The van der Waals surface area contributed by atoms with E-state index in [9.17, 15) is 18.0 Å². The van der Waals surface area contributed by atoms with Crippen LogP contribution in [0.5, 0.6) is 0 Å². The minimum atomic E-state index is -4.52. The van der Waals surface area contributed by atoms with Gasteiger partial charge in [-0.3, -0.25) is 5.10 Å². The minimum Gasteiger partial charge on any atom is -0.332 e. The lowest BCUT2D eigenvalue weighted by atomic mass is 10.1. The van der Waals surface area contributed by atoms with Gasteiger partial charge in [-0.05, 0) is 18.2 Å². The van der Waals surface area contributed by atoms with Crippen LogP contribution in [0, 0.1) is 0 Å². The largest absolute Gasteiger partial charge is 0.418 e. The summed E-state index contributed by atoms with van der Waals surface area (Å²) in [5.74, 6) is 0. The molecule has 0 aliphatic carbocycles. The Labute approximate surface area is 112 Å². The number of H-pyrrole nitrogens is 1. The molecule has 0 spiro atoms. The summed E-state index contributed by atoms with van der Waals surface area (Å²) in [6.07, 6.45) is -3.01. The first-order chi connectivity index (χ1) is 9.47. The molecule has 0 fully saturated rings. The molecule has 2 aromatic rings. The number of carbonyl (C=O) groups excluding carboxylic acids is 1. The van der Waals surface area contributed by atoms with E-state index in [4.69, 9.17) is 0 Å². The van der Waals surface area contributed by atoms with E-state index >= 15 is 0 Å². The Morgan fingerprint density at radius 2 is 2.00 bits per heavy atom. The van der Waals surface area contributed by atoms with Crippen molar-refractivity contribution < 1.29 is 18.0 Å². The first-order valence-electron chi connectivity index (χ1n) is 5.66. The monoisotopic (exact) mass is 284 g/mol. The van der Waals surface area contributed by atoms with Crippen LogP contribution in [-0.2, 0) is 12.7 Å². The number of anilines is 1. The molecule has 0 aliphatic rings. The number of para-hydroxylation sites is 1. The minimum absolute atomic E-state index is 0.139. The highest BCUT2D eigenvalue weighted by Crippen LogP contribution is 2.34. The third-order valence-electron chi connectivity index (χ3n) is 2.48. The molecule has 2 rings (SSSR count). The summed E-state index contributed by atoms with van der Waals surface area (Å²) in [5, 5.41) is 10.9. The number of rotatable bonds is 3. The van der Waals surface area contributed by atoms with Crippen LogP contribution in [0.1, 0.15) is 11.3 Å². The van der Waals surface area contributed by atoms with Crippen LogP contribution in [0.25, 0.3) is 0 Å². The first-order valence-corrected chi connectivity index (χ1v) is 5.66. The lowest BCUT2D eigenvalue weighted by Gasteiger charge is -2.13. The molecule has 1 aromatic carbocycles. The Balaban J connectivity index is 2.01. The quantitative estimate of drug-likeness (QED) is 0.811. The van der Waals surface area contributed by atoms with E-state index in [0.717, 1.165) is 6.07 Å². The van der Waals surface area contributed by atoms with E-state index in [1.807, 2.05) is 0 Å². The predicted octanol–water partition coefficient (Wildman–Crippen LogP) is 2.75. The lowest BCUT2D eigenvalue weighted by Crippen LogP contribution is -2.29. The van der Waals surface area contributed by atoms with Crippen molar-refractivity contribution in [1.29, 1.82) is 0 Å². The van der Waals surface area contributed by atoms with Crippen molar-refractivity contribution in [2.75, 3.05) is 5.32 Å². The second-order valence-corrected chi connectivity index (χ2v) is 3.93. The molecule has 0 unspecified atom stereocenters. The van der Waals surface area contributed by atoms with Gasteiger partial charge in [0.2, 0.25) is 0 Å². The number of nitrogens with zero attached hydrogens (tertiary/aromatic N) is 1. The van der Waals surface area contributed by atoms with Crippen LogP contribution in [0.15, 0.2) is 36.5 Å². The number of nitrogens with one attached hydrogen (secondary N) is 3. The summed E-state index contributed by atoms with van der Waals surface area (Å²) in [5.41, 5.74) is -0.539. The van der Waals surface area contributed by atoms with Crippen molar-refractivity contribution >= 4 is 11.7 Å². The molecule has 1 aromatic heterocycles. The van der Waals surface area contributed by atoms with Crippen LogP contribution in [0.3, 0.4) is 0 Å². The van der Waals surface area contributed by atoms with E-state index in [1.165, 1.54) is 24.4 Å². The van der Waals surface area contributed by atoms with Crippen molar-refractivity contribution in [3.63, 3.8) is 0 Å². The molecular weight excluding hydrogens is 273 g/mol. The predicted molar refractivity (Wildman–Crippen MR) is 65.9 cm³/mol. The number of aromatic nitrogens is 2. The van der Waals surface area contributed by atoms with Gasteiger partial charge in [-0.25, -0.2) is 4.79 Å². The molecule has 106 valence electrons. The average molecular weight is 284 g/mol. The molecule has 0 atom stereocenters. The van der Waals surface area contributed by atoms with Crippen LogP contribution >= 0.6 is 0 Å². The van der Waals surface area contributed by atoms with Crippen molar-refractivity contribution in [1.82, 2.24) is 15.5 Å². The third kappa shape index (κ3) is 3.50. The standard InChI is InChI=1S/C12H11F3N4O/c13-12(14,15)9-3-1-2-4-10(9)18-11(20)16-7-8-5-6-17-19-8/h1-6H,7H2,(H,17,19)(H2,16,18,20). The first kappa shape index (κ1) is 13.9. The van der Waals surface area contributed by atoms with E-state index in [0.29, 0.717) is 5.69 Å². The molecule has 0 saturated carbocycles. The molecular formula is C12H11F3N4O. The van der Waals surface area contributed by atoms with E-state index < -0.39 is 17.8 Å². The molecule has 8 heteroatoms. The summed E-state index contributed by atoms with van der Waals surface area (Å²) in [6.45, 7) is 0.139. The zero-order valence-electron chi connectivity index (χ0n) is 10.2. The highest BCUT2D eigenvalue weighted by atomic mass is 19.4. The van der Waals surface area contributed by atoms with Crippen molar-refractivity contribution in [3.05, 3.63) is 47.8 Å². The third-order valence-corrected chi connectivity index (χ3v) is 2.48. The molecule has 0 saturated heterocycles. The number of hydrogen-bond donors (Lipinski definition) is 3. The normalized spacial score (nSPS) is 11.2. The Morgan fingerprint density at radius 1 is 1.25 bits per heavy atom. The van der Waals surface area contributed by atoms with E-state index in [2.05, 4.69) is 20.8 Å². The fourth-order valence-electron chi connectivity index (χ4n) is 1.56. The maximum absolute atomic E-state index is 12.7. The van der Waals surface area contributed by atoms with Gasteiger partial charge < -0.3 is 10.6 Å². The van der Waals surface area contributed by atoms with Crippen LogP contribution in [-0.4, -0.2) is 16.2 Å². The van der Waals surface area contributed by atoms with E-state index in [-0.39, 0.29) is 12.2 Å². The SMILES string of the molecule is O=C(NCc1ccn[nH]1)Nc1ccccc1C(F)(F)F. The molecule has 5 nitrogen and oxygen atoms in total. The van der Waals surface area contributed by atoms with Crippen LogP contribution < -0.4 is 10.6 Å². The summed E-state index contributed by atoms with van der Waals surface area (Å²) in [7, 11) is 0. The maximum atomic E-state index is 12.7. The Bertz CT molecular complexity index is 581. The van der Waals surface area contributed by atoms with Crippen LogP contribution in [0.2, 0.25) is 0 Å². The number of benzene rings is 1. The van der Waals surface area contributed by atoms with Gasteiger partial charge in [0.05, 0.1) is 23.5 Å². The lowest BCUT2D eigenvalue weighted by molar-refractivity contribution is -0.136. The van der Waals surface area contributed by atoms with Gasteiger partial charge in [-0.2, -0.15) is 18.3 Å². The summed E-state index contributed by atoms with van der Waals surface area (Å²) < 4.78 is 38.2. The molecule has 2 amide bonds. The van der Waals surface area contributed by atoms with Gasteiger partial charge in [0, 0.05) is 6.20 Å². The number of halogens is 3. The molecule has 0 aliphatic heterocycles. The van der Waals surface area contributed by atoms with Crippen LogP contribution in [0.4, 0.5) is 23.7 Å². The Kier molecular flexibility index (Phi) is 3.92. The average Bonchev–Trinajstić information content (AvgIpc) is 2.89. The molecule has 1 heterocycles. The number of hydrogen-bond acceptors (Lipinski definition) is 2. The highest BCUT2D eigenvalue weighted by Gasteiger charge is 2.33. The van der Waals surface area contributed by atoms with Crippen molar-refractivity contribution in [3.8, 4) is 0 Å². The summed E-state index contributed by atoms with van der Waals surface area (Å²) in [4.78, 5) is 11.6. The number of urea groups is 1. The molecule has 3 N–H and O–H groups in total. The number of alkyl halides is 3. The van der Waals surface area contributed by atoms with Gasteiger partial charge in [0.15, 0.2) is 0 Å². The second kappa shape index (κ2) is 5.64. The molecule has 0 bridgehead atoms. The van der Waals surface area contributed by atoms with Gasteiger partial charge in [0.1, 0.15) is 0 Å². The summed E-state index contributed by atoms with van der Waals surface area (Å²) >= 11 is 0. The number of amides is 2. The van der Waals surface area contributed by atoms with E-state index in [1.54, 1.807) is 6.07 Å². The summed E-state index contributed by atoms with van der Waals surface area (Å²) in [6, 6.07) is 5.69. The Hall–Kier alpha value is -2.51. The smallest absolute Gasteiger partial charge is 0.332 e. The van der Waals surface area contributed by atoms with Gasteiger partial charge >= 0.3 is 12.2 Å².